The molecule has 0 unspecified atom stereocenters. The Morgan fingerprint density at radius 2 is 1.44 bits per heavy atom. The van der Waals surface area contributed by atoms with Crippen molar-refractivity contribution in [2.24, 2.45) is 0 Å². The summed E-state index contributed by atoms with van der Waals surface area (Å²) in [5, 5.41) is 21.1. The molecule has 0 radical (unpaired) electrons. The van der Waals surface area contributed by atoms with Gasteiger partial charge in [0.2, 0.25) is 0 Å². The highest BCUT2D eigenvalue weighted by Gasteiger charge is 2.17. The Morgan fingerprint density at radius 1 is 0.833 bits per heavy atom. The van der Waals surface area contributed by atoms with Crippen LogP contribution in [0.5, 0.6) is 11.5 Å². The van der Waals surface area contributed by atoms with Crippen LogP contribution in [0, 0.1) is 10.1 Å². The van der Waals surface area contributed by atoms with Gasteiger partial charge in [-0.3, -0.25) is 10.1 Å². The monoisotopic (exact) mass is 477 g/mol. The summed E-state index contributed by atoms with van der Waals surface area (Å²) < 4.78 is 5.55. The Balaban J connectivity index is 1.55. The Labute approximate surface area is 207 Å². The molecule has 0 aliphatic heterocycles. The molecule has 4 aromatic carbocycles. The predicted molar refractivity (Wildman–Crippen MR) is 140 cm³/mol. The van der Waals surface area contributed by atoms with E-state index in [2.05, 4.69) is 4.98 Å². The molecule has 5 aromatic rings. The van der Waals surface area contributed by atoms with E-state index < -0.39 is 4.92 Å². The number of imidazole rings is 1. The number of H-pyrrole nitrogens is 1. The van der Waals surface area contributed by atoms with Crippen LogP contribution in [0.1, 0.15) is 6.92 Å². The molecule has 0 amide bonds. The summed E-state index contributed by atoms with van der Waals surface area (Å²) in [5.74, 6) is 1.14. The zero-order valence-corrected chi connectivity index (χ0v) is 19.5. The lowest BCUT2D eigenvalue weighted by Crippen LogP contribution is -1.92. The number of benzene rings is 4. The molecule has 0 saturated heterocycles. The molecular formula is C29H23N3O4. The third kappa shape index (κ3) is 4.54. The van der Waals surface area contributed by atoms with Gasteiger partial charge < -0.3 is 14.8 Å². The van der Waals surface area contributed by atoms with Crippen molar-refractivity contribution in [2.75, 3.05) is 6.61 Å². The Kier molecular flexibility index (Phi) is 6.19. The summed E-state index contributed by atoms with van der Waals surface area (Å²) in [7, 11) is 0. The Hall–Kier alpha value is -4.91. The summed E-state index contributed by atoms with van der Waals surface area (Å²) in [6.45, 7) is 2.31. The molecular weight excluding hydrogens is 454 g/mol. The average molecular weight is 478 g/mol. The van der Waals surface area contributed by atoms with E-state index in [9.17, 15) is 15.2 Å². The van der Waals surface area contributed by atoms with Gasteiger partial charge in [-0.25, -0.2) is 4.98 Å². The van der Waals surface area contributed by atoms with Gasteiger partial charge in [0.25, 0.3) is 5.69 Å². The lowest BCUT2D eigenvalue weighted by Gasteiger charge is -2.07. The van der Waals surface area contributed by atoms with Crippen LogP contribution in [0.25, 0.3) is 45.0 Å². The first kappa shape index (κ1) is 22.9. The van der Waals surface area contributed by atoms with Crippen LogP contribution in [0.4, 0.5) is 5.69 Å². The lowest BCUT2D eigenvalue weighted by atomic mass is 10.0. The topological polar surface area (TPSA) is 101 Å². The summed E-state index contributed by atoms with van der Waals surface area (Å²) in [4.78, 5) is 18.9. The molecule has 178 valence electrons. The van der Waals surface area contributed by atoms with Gasteiger partial charge in [-0.1, -0.05) is 54.6 Å². The number of rotatable bonds is 7. The highest BCUT2D eigenvalue weighted by molar-refractivity contribution is 5.82. The van der Waals surface area contributed by atoms with Gasteiger partial charge in [0.15, 0.2) is 11.5 Å². The van der Waals surface area contributed by atoms with E-state index in [4.69, 9.17) is 9.72 Å². The number of nitrogens with zero attached hydrogens (tertiary/aromatic N) is 2. The van der Waals surface area contributed by atoms with Crippen molar-refractivity contribution >= 4 is 5.69 Å². The highest BCUT2D eigenvalue weighted by atomic mass is 16.6. The Morgan fingerprint density at radius 3 is 2.08 bits per heavy atom. The van der Waals surface area contributed by atoms with Gasteiger partial charge in [-0.15, -0.1) is 0 Å². The normalized spacial score (nSPS) is 10.8. The standard InChI is InChI=1S/C29H23N3O4/c1-2-36-26-18-23(14-17-25(26)33)29-30-27(21-6-4-3-5-7-21)28(31-29)22-10-8-19(9-11-22)20-12-15-24(16-13-20)32(34)35/h3-18,33H,2H2,1H3,(H,30,31). The fraction of sp³-hybridized carbons (Fsp3) is 0.0690. The molecule has 1 aromatic heterocycles. The van der Waals surface area contributed by atoms with Crippen LogP contribution in [0.2, 0.25) is 0 Å². The summed E-state index contributed by atoms with van der Waals surface area (Å²) in [6.07, 6.45) is 0. The van der Waals surface area contributed by atoms with Crippen LogP contribution in [-0.4, -0.2) is 26.6 Å². The number of aromatic amines is 1. The zero-order valence-electron chi connectivity index (χ0n) is 19.5. The first-order valence-electron chi connectivity index (χ1n) is 11.5. The number of phenols is 1. The third-order valence-electron chi connectivity index (χ3n) is 5.87. The van der Waals surface area contributed by atoms with Crippen LogP contribution < -0.4 is 4.74 Å². The van der Waals surface area contributed by atoms with Crippen molar-refractivity contribution in [1.82, 2.24) is 9.97 Å². The van der Waals surface area contributed by atoms with Crippen LogP contribution in [-0.2, 0) is 0 Å². The fourth-order valence-electron chi connectivity index (χ4n) is 4.06. The second-order valence-corrected chi connectivity index (χ2v) is 8.17. The maximum absolute atomic E-state index is 10.9. The molecule has 7 nitrogen and oxygen atoms in total. The number of hydrogen-bond donors (Lipinski definition) is 2. The maximum Gasteiger partial charge on any atom is 0.269 e. The fourth-order valence-corrected chi connectivity index (χ4v) is 4.06. The minimum Gasteiger partial charge on any atom is -0.504 e. The molecule has 0 atom stereocenters. The number of ether oxygens (including phenoxy) is 1. The number of non-ortho nitro benzene ring substituents is 1. The molecule has 0 saturated carbocycles. The largest absolute Gasteiger partial charge is 0.504 e. The summed E-state index contributed by atoms with van der Waals surface area (Å²) >= 11 is 0. The number of nitro groups is 1. The van der Waals surface area contributed by atoms with E-state index >= 15 is 0 Å². The molecule has 0 fully saturated rings. The molecule has 1 heterocycles. The lowest BCUT2D eigenvalue weighted by molar-refractivity contribution is -0.384. The van der Waals surface area contributed by atoms with Gasteiger partial charge in [0.1, 0.15) is 5.82 Å². The summed E-state index contributed by atoms with van der Waals surface area (Å²) in [5.41, 5.74) is 6.29. The van der Waals surface area contributed by atoms with Crippen molar-refractivity contribution in [3.8, 4) is 56.5 Å². The average Bonchev–Trinajstić information content (AvgIpc) is 3.36. The van der Waals surface area contributed by atoms with Gasteiger partial charge in [0, 0.05) is 28.8 Å². The molecule has 0 spiro atoms. The van der Waals surface area contributed by atoms with Crippen molar-refractivity contribution in [1.29, 1.82) is 0 Å². The number of aromatic nitrogens is 2. The van der Waals surface area contributed by atoms with E-state index in [-0.39, 0.29) is 11.4 Å². The van der Waals surface area contributed by atoms with Crippen molar-refractivity contribution in [3.63, 3.8) is 0 Å². The number of nitrogens with one attached hydrogen (secondary N) is 1. The number of phenolic OH excluding ortho intramolecular Hbond substituents is 1. The van der Waals surface area contributed by atoms with E-state index in [1.54, 1.807) is 30.3 Å². The number of nitro benzene ring substituents is 1. The van der Waals surface area contributed by atoms with Crippen LogP contribution in [0.3, 0.4) is 0 Å². The van der Waals surface area contributed by atoms with E-state index in [1.165, 1.54) is 12.1 Å². The van der Waals surface area contributed by atoms with Crippen molar-refractivity contribution < 1.29 is 14.8 Å². The summed E-state index contributed by atoms with van der Waals surface area (Å²) in [6, 6.07) is 29.6. The molecule has 2 N–H and O–H groups in total. The highest BCUT2D eigenvalue weighted by Crippen LogP contribution is 2.36. The van der Waals surface area contributed by atoms with Crippen LogP contribution in [0.15, 0.2) is 97.1 Å². The molecule has 0 bridgehead atoms. The third-order valence-corrected chi connectivity index (χ3v) is 5.87. The maximum atomic E-state index is 10.9. The second-order valence-electron chi connectivity index (χ2n) is 8.17. The molecule has 0 aliphatic rings. The van der Waals surface area contributed by atoms with Gasteiger partial charge in [-0.2, -0.15) is 0 Å². The van der Waals surface area contributed by atoms with E-state index in [1.807, 2.05) is 61.5 Å². The van der Waals surface area contributed by atoms with Gasteiger partial charge in [0.05, 0.1) is 22.9 Å². The minimum absolute atomic E-state index is 0.0644. The van der Waals surface area contributed by atoms with E-state index in [0.717, 1.165) is 39.2 Å². The molecule has 5 rings (SSSR count). The van der Waals surface area contributed by atoms with Crippen LogP contribution >= 0.6 is 0 Å². The quantitative estimate of drug-likeness (QED) is 0.192. The molecule has 0 aliphatic carbocycles. The van der Waals surface area contributed by atoms with Crippen molar-refractivity contribution in [2.45, 2.75) is 6.92 Å². The minimum atomic E-state index is -0.404. The predicted octanol–water partition coefficient (Wildman–Crippen LogP) is 7.09. The smallest absolute Gasteiger partial charge is 0.269 e. The second kappa shape index (κ2) is 9.76. The van der Waals surface area contributed by atoms with Gasteiger partial charge in [-0.05, 0) is 48.4 Å². The van der Waals surface area contributed by atoms with E-state index in [0.29, 0.717) is 18.2 Å². The molecule has 36 heavy (non-hydrogen) atoms. The molecule has 7 heteroatoms. The van der Waals surface area contributed by atoms with Gasteiger partial charge >= 0.3 is 0 Å². The van der Waals surface area contributed by atoms with Crippen molar-refractivity contribution in [3.05, 3.63) is 107 Å². The zero-order chi connectivity index (χ0) is 25.1. The number of hydrogen-bond acceptors (Lipinski definition) is 5. The first-order chi connectivity index (χ1) is 17.5. The first-order valence-corrected chi connectivity index (χ1v) is 11.5. The SMILES string of the molecule is CCOc1cc(-c2nc(-c3ccccc3)c(-c3ccc(-c4ccc([N+](=O)[O-])cc4)cc3)[nH]2)ccc1O. The Bertz CT molecular complexity index is 1510. The number of aromatic hydroxyl groups is 1.